The van der Waals surface area contributed by atoms with Crippen molar-refractivity contribution in [1.82, 2.24) is 15.2 Å². The van der Waals surface area contributed by atoms with Gasteiger partial charge in [-0.2, -0.15) is 0 Å². The predicted molar refractivity (Wildman–Crippen MR) is 91.0 cm³/mol. The Hall–Kier alpha value is -1.89. The van der Waals surface area contributed by atoms with Crippen molar-refractivity contribution in [2.45, 2.75) is 57.3 Å². The van der Waals surface area contributed by atoms with Gasteiger partial charge in [0.05, 0.1) is 6.10 Å². The number of amides is 2. The molecule has 2 unspecified atom stereocenters. The fourth-order valence-electron chi connectivity index (χ4n) is 3.35. The van der Waals surface area contributed by atoms with E-state index in [9.17, 15) is 9.18 Å². The summed E-state index contributed by atoms with van der Waals surface area (Å²) < 4.78 is 24.9. The van der Waals surface area contributed by atoms with Crippen LogP contribution in [0.25, 0.3) is 0 Å². The van der Waals surface area contributed by atoms with Crippen molar-refractivity contribution in [2.75, 3.05) is 19.7 Å². The summed E-state index contributed by atoms with van der Waals surface area (Å²) in [5.41, 5.74) is 0. The first kappa shape index (κ1) is 17.9. The van der Waals surface area contributed by atoms with Crippen molar-refractivity contribution >= 4 is 6.03 Å². The van der Waals surface area contributed by atoms with E-state index in [1.54, 1.807) is 0 Å². The van der Waals surface area contributed by atoms with Crippen LogP contribution in [0, 0.1) is 5.82 Å². The summed E-state index contributed by atoms with van der Waals surface area (Å²) in [6.45, 7) is 4.01. The second-order valence-electron chi connectivity index (χ2n) is 6.67. The zero-order valence-corrected chi connectivity index (χ0v) is 14.6. The molecule has 0 aromatic carbocycles. The lowest BCUT2D eigenvalue weighted by Gasteiger charge is -2.35. The van der Waals surface area contributed by atoms with Gasteiger partial charge in [0.1, 0.15) is 6.10 Å². The standard InChI is InChI=1S/C18H26FN3O3/c1-2-14-12-13(7-11-24-14)21-18(23)22-9-5-15(6-10-22)25-17-16(19)4-3-8-20-17/h3-4,8,13-15H,2,5-7,9-12H2,1H3,(H,21,23). The second-order valence-corrected chi connectivity index (χ2v) is 6.67. The molecule has 7 heteroatoms. The van der Waals surface area contributed by atoms with Gasteiger partial charge in [-0.05, 0) is 31.4 Å². The Morgan fingerprint density at radius 1 is 1.44 bits per heavy atom. The number of aromatic nitrogens is 1. The van der Waals surface area contributed by atoms with E-state index in [0.717, 1.165) is 19.3 Å². The number of likely N-dealkylation sites (tertiary alicyclic amines) is 1. The molecule has 1 N–H and O–H groups in total. The van der Waals surface area contributed by atoms with Crippen LogP contribution in [-0.2, 0) is 4.74 Å². The van der Waals surface area contributed by atoms with Crippen LogP contribution in [-0.4, -0.2) is 53.9 Å². The van der Waals surface area contributed by atoms with Gasteiger partial charge >= 0.3 is 6.03 Å². The molecule has 2 saturated heterocycles. The monoisotopic (exact) mass is 351 g/mol. The second kappa shape index (κ2) is 8.47. The Kier molecular flexibility index (Phi) is 6.07. The van der Waals surface area contributed by atoms with Crippen LogP contribution in [0.15, 0.2) is 18.3 Å². The van der Waals surface area contributed by atoms with Crippen LogP contribution in [0.2, 0.25) is 0 Å². The molecule has 3 rings (SSSR count). The number of nitrogens with one attached hydrogen (secondary N) is 1. The Morgan fingerprint density at radius 2 is 2.24 bits per heavy atom. The third-order valence-electron chi connectivity index (χ3n) is 4.88. The first-order valence-electron chi connectivity index (χ1n) is 9.10. The molecular weight excluding hydrogens is 325 g/mol. The lowest BCUT2D eigenvalue weighted by atomic mass is 10.0. The van der Waals surface area contributed by atoms with Gasteiger partial charge < -0.3 is 19.7 Å². The minimum atomic E-state index is -0.451. The van der Waals surface area contributed by atoms with E-state index in [1.165, 1.54) is 18.3 Å². The lowest BCUT2D eigenvalue weighted by molar-refractivity contribution is 0.000773. The molecule has 2 atom stereocenters. The van der Waals surface area contributed by atoms with Gasteiger partial charge in [-0.3, -0.25) is 0 Å². The highest BCUT2D eigenvalue weighted by atomic mass is 19.1. The van der Waals surface area contributed by atoms with Gasteiger partial charge in [-0.1, -0.05) is 6.92 Å². The number of hydrogen-bond donors (Lipinski definition) is 1. The number of ether oxygens (including phenoxy) is 2. The molecule has 0 bridgehead atoms. The number of rotatable bonds is 4. The van der Waals surface area contributed by atoms with Crippen LogP contribution >= 0.6 is 0 Å². The molecule has 2 amide bonds. The number of pyridine rings is 1. The molecule has 0 aliphatic carbocycles. The summed E-state index contributed by atoms with van der Waals surface area (Å²) in [6, 6.07) is 3.03. The number of hydrogen-bond acceptors (Lipinski definition) is 4. The molecule has 138 valence electrons. The molecule has 6 nitrogen and oxygen atoms in total. The van der Waals surface area contributed by atoms with Crippen molar-refractivity contribution in [3.05, 3.63) is 24.1 Å². The van der Waals surface area contributed by atoms with Gasteiger partial charge in [0.2, 0.25) is 0 Å². The van der Waals surface area contributed by atoms with Crippen molar-refractivity contribution in [2.24, 2.45) is 0 Å². The van der Waals surface area contributed by atoms with E-state index in [-0.39, 0.29) is 30.2 Å². The first-order chi connectivity index (χ1) is 12.2. The molecule has 1 aromatic rings. The van der Waals surface area contributed by atoms with Gasteiger partial charge in [-0.15, -0.1) is 0 Å². The quantitative estimate of drug-likeness (QED) is 0.906. The van der Waals surface area contributed by atoms with Crippen LogP contribution in [0.3, 0.4) is 0 Å². The molecule has 2 fully saturated rings. The average molecular weight is 351 g/mol. The Labute approximate surface area is 147 Å². The van der Waals surface area contributed by atoms with Crippen molar-refractivity contribution in [3.63, 3.8) is 0 Å². The zero-order valence-electron chi connectivity index (χ0n) is 14.6. The van der Waals surface area contributed by atoms with E-state index in [1.807, 2.05) is 4.90 Å². The Morgan fingerprint density at radius 3 is 2.96 bits per heavy atom. The highest BCUT2D eigenvalue weighted by Gasteiger charge is 2.28. The number of halogens is 1. The third kappa shape index (κ3) is 4.81. The zero-order chi connectivity index (χ0) is 17.6. The van der Waals surface area contributed by atoms with E-state index >= 15 is 0 Å². The summed E-state index contributed by atoms with van der Waals surface area (Å²) in [7, 11) is 0. The SMILES string of the molecule is CCC1CC(NC(=O)N2CCC(Oc3ncccc3F)CC2)CCO1. The number of nitrogens with zero attached hydrogens (tertiary/aromatic N) is 2. The highest BCUT2D eigenvalue weighted by molar-refractivity contribution is 5.74. The largest absolute Gasteiger partial charge is 0.472 e. The van der Waals surface area contributed by atoms with Crippen LogP contribution < -0.4 is 10.1 Å². The lowest BCUT2D eigenvalue weighted by Crippen LogP contribution is -2.51. The predicted octanol–water partition coefficient (Wildman–Crippen LogP) is 2.73. The van der Waals surface area contributed by atoms with E-state index in [2.05, 4.69) is 17.2 Å². The minimum absolute atomic E-state index is 0.0239. The Bertz CT molecular complexity index is 578. The average Bonchev–Trinajstić information content (AvgIpc) is 2.64. The van der Waals surface area contributed by atoms with Crippen LogP contribution in [0.4, 0.5) is 9.18 Å². The van der Waals surface area contributed by atoms with Gasteiger partial charge in [0, 0.05) is 44.8 Å². The maximum Gasteiger partial charge on any atom is 0.317 e. The molecule has 2 aliphatic rings. The van der Waals surface area contributed by atoms with Crippen molar-refractivity contribution in [3.8, 4) is 5.88 Å². The summed E-state index contributed by atoms with van der Waals surface area (Å²) in [6.07, 6.45) is 5.70. The highest BCUT2D eigenvalue weighted by Crippen LogP contribution is 2.20. The molecule has 0 saturated carbocycles. The molecular formula is C18H26FN3O3. The maximum atomic E-state index is 13.6. The fourth-order valence-corrected chi connectivity index (χ4v) is 3.35. The topological polar surface area (TPSA) is 63.7 Å². The fraction of sp³-hybridized carbons (Fsp3) is 0.667. The summed E-state index contributed by atoms with van der Waals surface area (Å²) in [5.74, 6) is -0.411. The first-order valence-corrected chi connectivity index (χ1v) is 9.10. The van der Waals surface area contributed by atoms with E-state index in [4.69, 9.17) is 9.47 Å². The van der Waals surface area contributed by atoms with E-state index in [0.29, 0.717) is 32.5 Å². The van der Waals surface area contributed by atoms with Crippen molar-refractivity contribution in [1.29, 1.82) is 0 Å². The normalized spacial score (nSPS) is 24.8. The maximum absolute atomic E-state index is 13.6. The number of carbonyl (C=O) groups is 1. The summed E-state index contributed by atoms with van der Waals surface area (Å²) >= 11 is 0. The van der Waals surface area contributed by atoms with Crippen LogP contribution in [0.1, 0.15) is 39.0 Å². The van der Waals surface area contributed by atoms with Crippen molar-refractivity contribution < 1.29 is 18.7 Å². The minimum Gasteiger partial charge on any atom is -0.472 e. The molecule has 3 heterocycles. The molecule has 25 heavy (non-hydrogen) atoms. The summed E-state index contributed by atoms with van der Waals surface area (Å²) in [5, 5.41) is 3.12. The summed E-state index contributed by atoms with van der Waals surface area (Å²) in [4.78, 5) is 18.2. The van der Waals surface area contributed by atoms with Gasteiger partial charge in [0.25, 0.3) is 5.88 Å². The Balaban J connectivity index is 1.44. The smallest absolute Gasteiger partial charge is 0.317 e. The van der Waals surface area contributed by atoms with Gasteiger partial charge in [-0.25, -0.2) is 14.2 Å². The number of piperidine rings is 1. The number of urea groups is 1. The molecule has 1 aromatic heterocycles. The van der Waals surface area contributed by atoms with E-state index < -0.39 is 5.82 Å². The molecule has 0 radical (unpaired) electrons. The van der Waals surface area contributed by atoms with Crippen LogP contribution in [0.5, 0.6) is 5.88 Å². The molecule has 2 aliphatic heterocycles. The number of carbonyl (C=O) groups excluding carboxylic acids is 1. The van der Waals surface area contributed by atoms with Gasteiger partial charge in [0.15, 0.2) is 5.82 Å². The molecule has 0 spiro atoms. The third-order valence-corrected chi connectivity index (χ3v) is 4.88.